The van der Waals surface area contributed by atoms with Gasteiger partial charge < -0.3 is 9.42 Å². The van der Waals surface area contributed by atoms with Crippen molar-refractivity contribution in [2.45, 2.75) is 59.3 Å². The number of rotatable bonds is 10. The van der Waals surface area contributed by atoms with Crippen molar-refractivity contribution in [2.24, 2.45) is 0 Å². The van der Waals surface area contributed by atoms with Gasteiger partial charge in [0.05, 0.1) is 0 Å². The summed E-state index contributed by atoms with van der Waals surface area (Å²) < 4.78 is 5.38. The molecule has 0 fully saturated rings. The molecule has 1 heterocycles. The molecule has 1 amide bonds. The largest absolute Gasteiger partial charge is 0.360 e. The molecule has 0 saturated heterocycles. The van der Waals surface area contributed by atoms with Crippen molar-refractivity contribution in [1.82, 2.24) is 10.1 Å². The van der Waals surface area contributed by atoms with Crippen LogP contribution in [0.2, 0.25) is 0 Å². The first-order chi connectivity index (χ1) is 12.2. The highest BCUT2D eigenvalue weighted by Gasteiger charge is 2.25. The van der Waals surface area contributed by atoms with Gasteiger partial charge in [-0.3, -0.25) is 4.79 Å². The maximum atomic E-state index is 13.2. The number of unbranched alkanes of at least 4 members (excludes halogenated alkanes) is 4. The third kappa shape index (κ3) is 5.18. The van der Waals surface area contributed by atoms with E-state index in [1.54, 1.807) is 0 Å². The SMILES string of the molecule is CCCCCN(CCCCC)C(=O)c1c(-c2ccccc2)noc1C. The van der Waals surface area contributed by atoms with E-state index >= 15 is 0 Å². The molecule has 0 aliphatic rings. The first-order valence-corrected chi connectivity index (χ1v) is 9.50. The fourth-order valence-corrected chi connectivity index (χ4v) is 3.00. The topological polar surface area (TPSA) is 46.3 Å². The molecule has 0 aliphatic carbocycles. The minimum Gasteiger partial charge on any atom is -0.360 e. The molecule has 25 heavy (non-hydrogen) atoms. The molecule has 0 radical (unpaired) electrons. The van der Waals surface area contributed by atoms with Crippen molar-refractivity contribution >= 4 is 5.91 Å². The van der Waals surface area contributed by atoms with Gasteiger partial charge in [-0.25, -0.2) is 0 Å². The number of hydrogen-bond acceptors (Lipinski definition) is 3. The summed E-state index contributed by atoms with van der Waals surface area (Å²) in [6.07, 6.45) is 6.67. The Labute approximate surface area is 151 Å². The molecule has 4 heteroatoms. The van der Waals surface area contributed by atoms with E-state index in [9.17, 15) is 4.79 Å². The number of amides is 1. The van der Waals surface area contributed by atoms with Crippen LogP contribution in [0.25, 0.3) is 11.3 Å². The maximum Gasteiger partial charge on any atom is 0.259 e. The highest BCUT2D eigenvalue weighted by molar-refractivity contribution is 6.00. The first kappa shape index (κ1) is 19.2. The molecule has 0 aliphatic heterocycles. The van der Waals surface area contributed by atoms with Gasteiger partial charge in [0, 0.05) is 18.7 Å². The van der Waals surface area contributed by atoms with Crippen molar-refractivity contribution < 1.29 is 9.32 Å². The van der Waals surface area contributed by atoms with Crippen LogP contribution in [0.3, 0.4) is 0 Å². The van der Waals surface area contributed by atoms with Gasteiger partial charge in [-0.15, -0.1) is 0 Å². The Morgan fingerprint density at radius 2 is 1.60 bits per heavy atom. The molecule has 0 spiro atoms. The first-order valence-electron chi connectivity index (χ1n) is 9.50. The molecule has 0 bridgehead atoms. The van der Waals surface area contributed by atoms with Crippen molar-refractivity contribution in [3.05, 3.63) is 41.7 Å². The minimum atomic E-state index is 0.0461. The van der Waals surface area contributed by atoms with Crippen LogP contribution >= 0.6 is 0 Å². The summed E-state index contributed by atoms with van der Waals surface area (Å²) in [5.41, 5.74) is 2.18. The molecule has 1 aromatic carbocycles. The number of aryl methyl sites for hydroxylation is 1. The zero-order chi connectivity index (χ0) is 18.1. The van der Waals surface area contributed by atoms with Crippen LogP contribution in [0.1, 0.15) is 68.5 Å². The highest BCUT2D eigenvalue weighted by atomic mass is 16.5. The maximum absolute atomic E-state index is 13.2. The van der Waals surface area contributed by atoms with Gasteiger partial charge in [0.1, 0.15) is 17.0 Å². The molecule has 0 N–H and O–H groups in total. The average Bonchev–Trinajstić information content (AvgIpc) is 3.02. The molecule has 2 aromatic rings. The lowest BCUT2D eigenvalue weighted by Gasteiger charge is -2.23. The third-order valence-electron chi connectivity index (χ3n) is 4.47. The van der Waals surface area contributed by atoms with E-state index in [4.69, 9.17) is 4.52 Å². The van der Waals surface area contributed by atoms with E-state index in [0.29, 0.717) is 17.0 Å². The van der Waals surface area contributed by atoms with Gasteiger partial charge in [-0.1, -0.05) is 75.0 Å². The summed E-state index contributed by atoms with van der Waals surface area (Å²) in [5.74, 6) is 0.643. The standard InChI is InChI=1S/C21H30N2O2/c1-4-6-11-15-23(16-12-7-5-2)21(24)19-17(3)25-22-20(19)18-13-9-8-10-14-18/h8-10,13-14H,4-7,11-12,15-16H2,1-3H3. The van der Waals surface area contributed by atoms with Gasteiger partial charge in [0.2, 0.25) is 0 Å². The van der Waals surface area contributed by atoms with Gasteiger partial charge in [0.15, 0.2) is 0 Å². The molecular weight excluding hydrogens is 312 g/mol. The summed E-state index contributed by atoms with van der Waals surface area (Å²) in [4.78, 5) is 15.2. The van der Waals surface area contributed by atoms with Crippen molar-refractivity contribution in [3.8, 4) is 11.3 Å². The van der Waals surface area contributed by atoms with Crippen LogP contribution in [0.15, 0.2) is 34.9 Å². The Hall–Kier alpha value is -2.10. The molecule has 2 rings (SSSR count). The average molecular weight is 342 g/mol. The summed E-state index contributed by atoms with van der Waals surface area (Å²) in [6.45, 7) is 7.79. The molecule has 136 valence electrons. The number of aromatic nitrogens is 1. The van der Waals surface area contributed by atoms with Gasteiger partial charge >= 0.3 is 0 Å². The lowest BCUT2D eigenvalue weighted by molar-refractivity contribution is 0.0748. The van der Waals surface area contributed by atoms with E-state index in [1.165, 1.54) is 0 Å². The van der Waals surface area contributed by atoms with E-state index in [1.807, 2.05) is 42.2 Å². The van der Waals surface area contributed by atoms with Gasteiger partial charge in [0.25, 0.3) is 5.91 Å². The molecule has 0 unspecified atom stereocenters. The van der Waals surface area contributed by atoms with Crippen LogP contribution in [0.5, 0.6) is 0 Å². The third-order valence-corrected chi connectivity index (χ3v) is 4.47. The number of carbonyl (C=O) groups excluding carboxylic acids is 1. The van der Waals surface area contributed by atoms with E-state index in [2.05, 4.69) is 19.0 Å². The predicted octanol–water partition coefficient (Wildman–Crippen LogP) is 5.47. The van der Waals surface area contributed by atoms with Gasteiger partial charge in [-0.2, -0.15) is 0 Å². The molecule has 0 atom stereocenters. The van der Waals surface area contributed by atoms with Crippen molar-refractivity contribution in [2.75, 3.05) is 13.1 Å². The number of carbonyl (C=O) groups is 1. The lowest BCUT2D eigenvalue weighted by atomic mass is 10.0. The minimum absolute atomic E-state index is 0.0461. The van der Waals surface area contributed by atoms with Crippen molar-refractivity contribution in [1.29, 1.82) is 0 Å². The summed E-state index contributed by atoms with van der Waals surface area (Å²) in [7, 11) is 0. The van der Waals surface area contributed by atoms with Crippen LogP contribution in [0, 0.1) is 6.92 Å². The Kier molecular flexibility index (Phi) is 7.71. The zero-order valence-electron chi connectivity index (χ0n) is 15.8. The Balaban J connectivity index is 2.23. The number of nitrogens with zero attached hydrogens (tertiary/aromatic N) is 2. The van der Waals surface area contributed by atoms with Crippen LogP contribution in [0.4, 0.5) is 0 Å². The van der Waals surface area contributed by atoms with Crippen LogP contribution < -0.4 is 0 Å². The number of hydrogen-bond donors (Lipinski definition) is 0. The predicted molar refractivity (Wildman–Crippen MR) is 102 cm³/mol. The summed E-state index contributed by atoms with van der Waals surface area (Å²) in [5, 5.41) is 4.16. The lowest BCUT2D eigenvalue weighted by Crippen LogP contribution is -2.33. The van der Waals surface area contributed by atoms with E-state index in [0.717, 1.165) is 57.2 Å². The molecule has 1 aromatic heterocycles. The van der Waals surface area contributed by atoms with E-state index in [-0.39, 0.29) is 5.91 Å². The second kappa shape index (κ2) is 10.0. The smallest absolute Gasteiger partial charge is 0.259 e. The molecule has 4 nitrogen and oxygen atoms in total. The van der Waals surface area contributed by atoms with Crippen LogP contribution in [-0.4, -0.2) is 29.1 Å². The van der Waals surface area contributed by atoms with E-state index < -0.39 is 0 Å². The normalized spacial score (nSPS) is 10.8. The quantitative estimate of drug-likeness (QED) is 0.538. The fourth-order valence-electron chi connectivity index (χ4n) is 3.00. The summed E-state index contributed by atoms with van der Waals surface area (Å²) in [6, 6.07) is 9.79. The second-order valence-corrected chi connectivity index (χ2v) is 6.53. The fraction of sp³-hybridized carbons (Fsp3) is 0.524. The monoisotopic (exact) mass is 342 g/mol. The molecular formula is C21H30N2O2. The Morgan fingerprint density at radius 3 is 2.16 bits per heavy atom. The Morgan fingerprint density at radius 1 is 1.00 bits per heavy atom. The highest BCUT2D eigenvalue weighted by Crippen LogP contribution is 2.26. The molecule has 0 saturated carbocycles. The Bertz CT molecular complexity index is 639. The zero-order valence-corrected chi connectivity index (χ0v) is 15.8. The summed E-state index contributed by atoms with van der Waals surface area (Å²) >= 11 is 0. The second-order valence-electron chi connectivity index (χ2n) is 6.53. The number of benzene rings is 1. The van der Waals surface area contributed by atoms with Gasteiger partial charge in [-0.05, 0) is 19.8 Å². The van der Waals surface area contributed by atoms with Crippen molar-refractivity contribution in [3.63, 3.8) is 0 Å². The van der Waals surface area contributed by atoms with Crippen LogP contribution in [-0.2, 0) is 0 Å².